The van der Waals surface area contributed by atoms with Crippen molar-refractivity contribution in [1.29, 1.82) is 0 Å². The Morgan fingerprint density at radius 2 is 1.57 bits per heavy atom. The molecule has 0 bridgehead atoms. The van der Waals surface area contributed by atoms with Gasteiger partial charge in [-0.3, -0.25) is 0 Å². The standard InChI is InChI=1S/C17H15NS3/c1-17(2,18)10-9-12-5-6-15(20-12)16-8-7-14(21-16)13-4-3-11-19-13/h3-8,11H,18H2,1-2H3. The molecule has 0 saturated carbocycles. The summed E-state index contributed by atoms with van der Waals surface area (Å²) in [5, 5.41) is 2.11. The molecule has 0 aliphatic heterocycles. The number of hydrogen-bond donors (Lipinski definition) is 1. The lowest BCUT2D eigenvalue weighted by molar-refractivity contribution is 0.681. The van der Waals surface area contributed by atoms with E-state index in [1.165, 1.54) is 19.5 Å². The molecule has 0 atom stereocenters. The molecule has 3 rings (SSSR count). The largest absolute Gasteiger partial charge is 0.316 e. The monoisotopic (exact) mass is 329 g/mol. The summed E-state index contributed by atoms with van der Waals surface area (Å²) in [6.07, 6.45) is 0. The summed E-state index contributed by atoms with van der Waals surface area (Å²) in [5.74, 6) is 6.23. The van der Waals surface area contributed by atoms with Gasteiger partial charge in [-0.2, -0.15) is 0 Å². The van der Waals surface area contributed by atoms with Crippen molar-refractivity contribution in [2.75, 3.05) is 0 Å². The Kier molecular flexibility index (Phi) is 4.01. The molecule has 0 spiro atoms. The Labute approximate surface area is 137 Å². The fourth-order valence-electron chi connectivity index (χ4n) is 1.78. The molecule has 2 N–H and O–H groups in total. The van der Waals surface area contributed by atoms with Gasteiger partial charge in [-0.25, -0.2) is 0 Å². The normalized spacial score (nSPS) is 11.2. The van der Waals surface area contributed by atoms with Crippen LogP contribution in [0.2, 0.25) is 0 Å². The van der Waals surface area contributed by atoms with E-state index in [-0.39, 0.29) is 0 Å². The predicted octanol–water partition coefficient (Wildman–Crippen LogP) is 5.29. The lowest BCUT2D eigenvalue weighted by Crippen LogP contribution is -2.29. The third-order valence-corrected chi connectivity index (χ3v) is 6.07. The predicted molar refractivity (Wildman–Crippen MR) is 96.1 cm³/mol. The zero-order chi connectivity index (χ0) is 14.9. The maximum Gasteiger partial charge on any atom is 0.0776 e. The molecule has 0 aliphatic rings. The first-order valence-corrected chi connectivity index (χ1v) is 9.08. The maximum atomic E-state index is 5.89. The Balaban J connectivity index is 1.85. The van der Waals surface area contributed by atoms with E-state index in [1.807, 2.05) is 25.2 Å². The molecule has 3 heterocycles. The van der Waals surface area contributed by atoms with E-state index >= 15 is 0 Å². The van der Waals surface area contributed by atoms with Gasteiger partial charge in [0.25, 0.3) is 0 Å². The molecule has 21 heavy (non-hydrogen) atoms. The first-order valence-electron chi connectivity index (χ1n) is 6.57. The summed E-state index contributed by atoms with van der Waals surface area (Å²) in [5.41, 5.74) is 5.45. The van der Waals surface area contributed by atoms with Crippen molar-refractivity contribution in [3.63, 3.8) is 0 Å². The highest BCUT2D eigenvalue weighted by molar-refractivity contribution is 7.26. The highest BCUT2D eigenvalue weighted by atomic mass is 32.1. The van der Waals surface area contributed by atoms with Crippen LogP contribution in [0.4, 0.5) is 0 Å². The first kappa shape index (κ1) is 14.6. The molecule has 1 nitrogen and oxygen atoms in total. The van der Waals surface area contributed by atoms with Crippen molar-refractivity contribution in [1.82, 2.24) is 0 Å². The van der Waals surface area contributed by atoms with Crippen molar-refractivity contribution in [2.24, 2.45) is 5.73 Å². The van der Waals surface area contributed by atoms with E-state index in [1.54, 1.807) is 22.7 Å². The Morgan fingerprint density at radius 1 is 0.905 bits per heavy atom. The second kappa shape index (κ2) is 5.78. The Hall–Kier alpha value is -1.38. The van der Waals surface area contributed by atoms with Crippen molar-refractivity contribution < 1.29 is 0 Å². The van der Waals surface area contributed by atoms with Crippen LogP contribution in [0.15, 0.2) is 41.8 Å². The smallest absolute Gasteiger partial charge is 0.0776 e. The van der Waals surface area contributed by atoms with E-state index in [0.717, 1.165) is 4.88 Å². The van der Waals surface area contributed by atoms with Crippen molar-refractivity contribution in [3.8, 4) is 31.3 Å². The van der Waals surface area contributed by atoms with E-state index < -0.39 is 5.54 Å². The molecule has 0 fully saturated rings. The van der Waals surface area contributed by atoms with Crippen molar-refractivity contribution in [3.05, 3.63) is 46.7 Å². The number of thiophene rings is 3. The zero-order valence-electron chi connectivity index (χ0n) is 11.8. The summed E-state index contributed by atoms with van der Waals surface area (Å²) < 4.78 is 0. The van der Waals surface area contributed by atoms with Gasteiger partial charge in [-0.1, -0.05) is 17.9 Å². The van der Waals surface area contributed by atoms with Crippen LogP contribution in [0.5, 0.6) is 0 Å². The molecule has 4 heteroatoms. The molecule has 0 amide bonds. The summed E-state index contributed by atoms with van der Waals surface area (Å²) in [6.45, 7) is 3.84. The molecule has 3 aromatic heterocycles. The zero-order valence-corrected chi connectivity index (χ0v) is 14.3. The van der Waals surface area contributed by atoms with E-state index in [9.17, 15) is 0 Å². The second-order valence-electron chi connectivity index (χ2n) is 5.28. The quantitative estimate of drug-likeness (QED) is 0.635. The number of rotatable bonds is 2. The van der Waals surface area contributed by atoms with Crippen LogP contribution in [-0.2, 0) is 0 Å². The number of hydrogen-bond acceptors (Lipinski definition) is 4. The topological polar surface area (TPSA) is 26.0 Å². The van der Waals surface area contributed by atoms with Gasteiger partial charge in [-0.05, 0) is 49.6 Å². The SMILES string of the molecule is CC(C)(N)C#Cc1ccc(-c2ccc(-c3cccs3)s2)s1. The maximum absolute atomic E-state index is 5.89. The van der Waals surface area contributed by atoms with Gasteiger partial charge in [0.05, 0.1) is 10.4 Å². The van der Waals surface area contributed by atoms with Crippen molar-refractivity contribution >= 4 is 34.0 Å². The van der Waals surface area contributed by atoms with Crippen molar-refractivity contribution in [2.45, 2.75) is 19.4 Å². The van der Waals surface area contributed by atoms with Gasteiger partial charge in [0, 0.05) is 19.5 Å². The number of nitrogens with two attached hydrogens (primary N) is 1. The summed E-state index contributed by atoms with van der Waals surface area (Å²) >= 11 is 5.33. The second-order valence-corrected chi connectivity index (χ2v) is 8.39. The fourth-order valence-corrected chi connectivity index (χ4v) is 4.57. The molecular weight excluding hydrogens is 314 g/mol. The van der Waals surface area contributed by atoms with Crippen LogP contribution < -0.4 is 5.73 Å². The van der Waals surface area contributed by atoms with Crippen LogP contribution >= 0.6 is 34.0 Å². The van der Waals surface area contributed by atoms with Gasteiger partial charge < -0.3 is 5.73 Å². The average Bonchev–Trinajstić information content (AvgIpc) is 3.15. The average molecular weight is 330 g/mol. The van der Waals surface area contributed by atoms with Gasteiger partial charge in [0.15, 0.2) is 0 Å². The van der Waals surface area contributed by atoms with Crippen LogP contribution in [0.3, 0.4) is 0 Å². The molecule has 106 valence electrons. The molecule has 0 aliphatic carbocycles. The third-order valence-electron chi connectivity index (χ3n) is 2.73. The Morgan fingerprint density at radius 3 is 2.24 bits per heavy atom. The van der Waals surface area contributed by atoms with Gasteiger partial charge >= 0.3 is 0 Å². The summed E-state index contributed by atoms with van der Waals surface area (Å²) in [6, 6.07) is 12.8. The minimum Gasteiger partial charge on any atom is -0.316 e. The van der Waals surface area contributed by atoms with Crippen LogP contribution in [0.25, 0.3) is 19.5 Å². The van der Waals surface area contributed by atoms with Crippen LogP contribution in [-0.4, -0.2) is 5.54 Å². The molecule has 0 saturated heterocycles. The first-order chi connectivity index (χ1) is 10.0. The van der Waals surface area contributed by atoms with Gasteiger partial charge in [0.2, 0.25) is 0 Å². The summed E-state index contributed by atoms with van der Waals surface area (Å²) in [4.78, 5) is 6.27. The molecule has 0 aromatic carbocycles. The lowest BCUT2D eigenvalue weighted by atomic mass is 10.1. The van der Waals surface area contributed by atoms with Crippen LogP contribution in [0, 0.1) is 11.8 Å². The lowest BCUT2D eigenvalue weighted by Gasteiger charge is -2.06. The van der Waals surface area contributed by atoms with E-state index in [0.29, 0.717) is 0 Å². The van der Waals surface area contributed by atoms with Gasteiger partial charge in [0.1, 0.15) is 0 Å². The molecule has 3 aromatic rings. The minimum atomic E-state index is -0.445. The molecule has 0 radical (unpaired) electrons. The highest BCUT2D eigenvalue weighted by Gasteiger charge is 2.08. The van der Waals surface area contributed by atoms with Crippen LogP contribution in [0.1, 0.15) is 18.7 Å². The Bertz CT molecular complexity index is 789. The van der Waals surface area contributed by atoms with E-state index in [4.69, 9.17) is 5.73 Å². The fraction of sp³-hybridized carbons (Fsp3) is 0.176. The summed E-state index contributed by atoms with van der Waals surface area (Å²) in [7, 11) is 0. The third kappa shape index (κ3) is 3.63. The highest BCUT2D eigenvalue weighted by Crippen LogP contribution is 2.38. The van der Waals surface area contributed by atoms with E-state index in [2.05, 4.69) is 53.6 Å². The minimum absolute atomic E-state index is 0.445. The molecular formula is C17H15NS3. The van der Waals surface area contributed by atoms with Gasteiger partial charge in [-0.15, -0.1) is 34.0 Å². The molecule has 0 unspecified atom stereocenters.